The molecule has 3 N–H and O–H groups in total. The summed E-state index contributed by atoms with van der Waals surface area (Å²) in [4.78, 5) is 26.9. The maximum atomic E-state index is 14.1. The number of aliphatic hydroxyl groups excluding tert-OH is 1. The van der Waals surface area contributed by atoms with E-state index in [2.05, 4.69) is 15.5 Å². The Balaban J connectivity index is 1.35. The van der Waals surface area contributed by atoms with E-state index in [4.69, 9.17) is 9.84 Å². The van der Waals surface area contributed by atoms with Crippen LogP contribution in [0.5, 0.6) is 0 Å². The summed E-state index contributed by atoms with van der Waals surface area (Å²) in [6.07, 6.45) is -3.43. The molecular weight excluding hydrogens is 708 g/mol. The van der Waals surface area contributed by atoms with Gasteiger partial charge in [-0.05, 0) is 75.6 Å². The summed E-state index contributed by atoms with van der Waals surface area (Å²) in [5.41, 5.74) is -0.0315. The number of sulfonamides is 1. The van der Waals surface area contributed by atoms with Gasteiger partial charge < -0.3 is 25.4 Å². The van der Waals surface area contributed by atoms with Crippen molar-refractivity contribution in [3.63, 3.8) is 0 Å². The molecule has 0 radical (unpaired) electrons. The zero-order chi connectivity index (χ0) is 38.0. The Bertz CT molecular complexity index is 1870. The molecule has 0 saturated carbocycles. The normalized spacial score (nSPS) is 17.0. The fourth-order valence-corrected chi connectivity index (χ4v) is 7.25. The number of rotatable bonds is 10. The van der Waals surface area contributed by atoms with Gasteiger partial charge in [-0.3, -0.25) is 9.48 Å². The number of ether oxygens (including phenoxy) is 1. The number of nitrogens with one attached hydrogen (secondary N) is 2. The molecule has 0 bridgehead atoms. The van der Waals surface area contributed by atoms with Gasteiger partial charge in [0, 0.05) is 74.1 Å². The topological polar surface area (TPSA) is 146 Å². The monoisotopic (exact) mass is 752 g/mol. The van der Waals surface area contributed by atoms with Gasteiger partial charge in [-0.2, -0.15) is 22.6 Å². The lowest BCUT2D eigenvalue weighted by molar-refractivity contribution is -0.138. The number of likely N-dealkylation sites (tertiary alicyclic amines) is 1. The fourth-order valence-electron chi connectivity index (χ4n) is 6.46. The molecule has 284 valence electrons. The Morgan fingerprint density at radius 1 is 1.04 bits per heavy atom. The van der Waals surface area contributed by atoms with Crippen LogP contribution in [0.25, 0.3) is 11.3 Å². The largest absolute Gasteiger partial charge is 0.444 e. The second-order valence-electron chi connectivity index (χ2n) is 14.2. The van der Waals surface area contributed by atoms with Crippen LogP contribution in [0.2, 0.25) is 0 Å². The lowest BCUT2D eigenvalue weighted by atomic mass is 9.97. The molecule has 3 aromatic rings. The maximum absolute atomic E-state index is 14.1. The van der Waals surface area contributed by atoms with Gasteiger partial charge >= 0.3 is 12.3 Å². The van der Waals surface area contributed by atoms with E-state index in [1.807, 2.05) is 0 Å². The summed E-state index contributed by atoms with van der Waals surface area (Å²) in [6, 6.07) is 7.94. The van der Waals surface area contributed by atoms with Gasteiger partial charge in [0.15, 0.2) is 0 Å². The first-order valence-electron chi connectivity index (χ1n) is 16.9. The van der Waals surface area contributed by atoms with Gasteiger partial charge in [-0.25, -0.2) is 17.6 Å². The third-order valence-corrected chi connectivity index (χ3v) is 10.2. The number of carbonyl (C=O) groups is 2. The summed E-state index contributed by atoms with van der Waals surface area (Å²) < 4.78 is 88.9. The summed E-state index contributed by atoms with van der Waals surface area (Å²) in [6.45, 7) is 6.58. The SMILES string of the molecule is CC(C)(C)OC(=O)NC1CCN(CC(O)Cn2nc(-c3ccc(C(F)(F)F)c(CNC(=O)c4ccc(F)cc4)c3)c3c2CCN(S(C)(=O)=O)C3)CC1. The van der Waals surface area contributed by atoms with E-state index in [9.17, 15) is 40.7 Å². The maximum Gasteiger partial charge on any atom is 0.416 e. The predicted octanol–water partition coefficient (Wildman–Crippen LogP) is 4.31. The molecule has 2 aliphatic rings. The number of halogens is 4. The smallest absolute Gasteiger partial charge is 0.416 e. The summed E-state index contributed by atoms with van der Waals surface area (Å²) in [5, 5.41) is 21.2. The molecule has 1 unspecified atom stereocenters. The molecule has 52 heavy (non-hydrogen) atoms. The first-order chi connectivity index (χ1) is 24.3. The number of aliphatic hydroxyl groups is 1. The average molecular weight is 753 g/mol. The van der Waals surface area contributed by atoms with Crippen molar-refractivity contribution in [2.24, 2.45) is 0 Å². The first-order valence-corrected chi connectivity index (χ1v) is 18.8. The van der Waals surface area contributed by atoms with E-state index in [-0.39, 0.29) is 54.5 Å². The highest BCUT2D eigenvalue weighted by molar-refractivity contribution is 7.88. The van der Waals surface area contributed by atoms with Crippen molar-refractivity contribution in [3.05, 3.63) is 76.2 Å². The minimum Gasteiger partial charge on any atom is -0.444 e. The highest BCUT2D eigenvalue weighted by Crippen LogP contribution is 2.37. The molecule has 12 nitrogen and oxygen atoms in total. The number of hydrogen-bond acceptors (Lipinski definition) is 8. The van der Waals surface area contributed by atoms with Gasteiger partial charge in [0.25, 0.3) is 5.91 Å². The molecule has 2 aromatic carbocycles. The van der Waals surface area contributed by atoms with Crippen LogP contribution >= 0.6 is 0 Å². The van der Waals surface area contributed by atoms with Crippen molar-refractivity contribution in [1.82, 2.24) is 29.6 Å². The molecular formula is C35H44F4N6O6S. The van der Waals surface area contributed by atoms with E-state index in [0.29, 0.717) is 43.7 Å². The molecule has 2 aliphatic heterocycles. The number of alkyl halides is 3. The van der Waals surface area contributed by atoms with Crippen molar-refractivity contribution in [2.75, 3.05) is 32.4 Å². The predicted molar refractivity (Wildman–Crippen MR) is 184 cm³/mol. The molecule has 17 heteroatoms. The lowest BCUT2D eigenvalue weighted by Gasteiger charge is -2.34. The first kappa shape index (κ1) is 39.2. The number of nitrogens with zero attached hydrogens (tertiary/aromatic N) is 4. The number of β-amino-alcohol motifs (C(OH)–C–C–N with tert-alkyl or cyclic N) is 1. The third kappa shape index (κ3) is 10.1. The third-order valence-electron chi connectivity index (χ3n) is 8.96. The van der Waals surface area contributed by atoms with Gasteiger partial charge in [0.1, 0.15) is 11.4 Å². The van der Waals surface area contributed by atoms with E-state index in [1.165, 1.54) is 28.6 Å². The Hall–Kier alpha value is -4.06. The van der Waals surface area contributed by atoms with Gasteiger partial charge in [0.05, 0.1) is 30.2 Å². The quantitative estimate of drug-likeness (QED) is 0.260. The Kier molecular flexibility index (Phi) is 11.7. The van der Waals surface area contributed by atoms with Crippen molar-refractivity contribution >= 4 is 22.0 Å². The van der Waals surface area contributed by atoms with Crippen LogP contribution in [-0.2, 0) is 47.0 Å². The Labute approximate surface area is 300 Å². The van der Waals surface area contributed by atoms with Crippen molar-refractivity contribution < 1.29 is 45.4 Å². The van der Waals surface area contributed by atoms with Gasteiger partial charge in [0.2, 0.25) is 10.0 Å². The molecule has 3 heterocycles. The highest BCUT2D eigenvalue weighted by atomic mass is 32.2. The van der Waals surface area contributed by atoms with Crippen LogP contribution in [0.3, 0.4) is 0 Å². The molecule has 2 amide bonds. The zero-order valence-electron chi connectivity index (χ0n) is 29.5. The van der Waals surface area contributed by atoms with Gasteiger partial charge in [-0.1, -0.05) is 6.07 Å². The van der Waals surface area contributed by atoms with Crippen LogP contribution in [0.1, 0.15) is 66.4 Å². The standard InChI is InChI=1S/C35H44F4N6O6S/c1-34(2,3)51-33(48)41-26-11-14-43(15-12-26)19-27(46)20-45-30-13-16-44(52(4,49)50)21-28(30)31(42-45)23-7-10-29(35(37,38)39)24(17-23)18-40-32(47)22-5-8-25(36)9-6-22/h5-10,17,26-27,46H,11-16,18-21H2,1-4H3,(H,40,47)(H,41,48). The summed E-state index contributed by atoms with van der Waals surface area (Å²) in [5.74, 6) is -1.26. The molecule has 1 fully saturated rings. The molecule has 1 atom stereocenters. The van der Waals surface area contributed by atoms with Gasteiger partial charge in [-0.15, -0.1) is 0 Å². The number of fused-ring (bicyclic) bond motifs is 1. The summed E-state index contributed by atoms with van der Waals surface area (Å²) >= 11 is 0. The van der Waals surface area contributed by atoms with E-state index < -0.39 is 57.8 Å². The van der Waals surface area contributed by atoms with Crippen LogP contribution in [0.4, 0.5) is 22.4 Å². The zero-order valence-corrected chi connectivity index (χ0v) is 30.3. The Morgan fingerprint density at radius 2 is 1.71 bits per heavy atom. The molecule has 0 spiro atoms. The van der Waals surface area contributed by atoms with Crippen LogP contribution < -0.4 is 10.6 Å². The van der Waals surface area contributed by atoms with Crippen molar-refractivity contribution in [1.29, 1.82) is 0 Å². The van der Waals surface area contributed by atoms with Crippen LogP contribution in [0, 0.1) is 5.82 Å². The lowest BCUT2D eigenvalue weighted by Crippen LogP contribution is -2.48. The summed E-state index contributed by atoms with van der Waals surface area (Å²) in [7, 11) is -3.62. The van der Waals surface area contributed by atoms with E-state index in [0.717, 1.165) is 24.5 Å². The van der Waals surface area contributed by atoms with Crippen molar-refractivity contribution in [2.45, 2.75) is 83.6 Å². The van der Waals surface area contributed by atoms with Crippen LogP contribution in [-0.4, -0.2) is 94.7 Å². The molecule has 0 aliphatic carbocycles. The highest BCUT2D eigenvalue weighted by Gasteiger charge is 2.35. The minimum atomic E-state index is -4.75. The number of alkyl carbamates (subject to hydrolysis) is 1. The fraction of sp³-hybridized carbons (Fsp3) is 0.514. The Morgan fingerprint density at radius 3 is 2.33 bits per heavy atom. The number of piperidine rings is 1. The van der Waals surface area contributed by atoms with Crippen molar-refractivity contribution in [3.8, 4) is 11.3 Å². The van der Waals surface area contributed by atoms with Crippen LogP contribution in [0.15, 0.2) is 42.5 Å². The van der Waals surface area contributed by atoms with E-state index >= 15 is 0 Å². The number of amides is 2. The minimum absolute atomic E-state index is 0.0541. The second kappa shape index (κ2) is 15.5. The second-order valence-corrected chi connectivity index (χ2v) is 16.2. The molecule has 1 aromatic heterocycles. The number of carbonyl (C=O) groups excluding carboxylic acids is 2. The average Bonchev–Trinajstić information content (AvgIpc) is 3.40. The molecule has 1 saturated heterocycles. The number of aromatic nitrogens is 2. The number of hydrogen-bond donors (Lipinski definition) is 3. The molecule has 5 rings (SSSR count). The number of benzene rings is 2. The van der Waals surface area contributed by atoms with E-state index in [1.54, 1.807) is 25.5 Å².